The monoisotopic (exact) mass is 290 g/mol. The van der Waals surface area contributed by atoms with Crippen molar-refractivity contribution in [2.75, 3.05) is 0 Å². The fourth-order valence-corrected chi connectivity index (χ4v) is 4.28. The first kappa shape index (κ1) is 13.7. The lowest BCUT2D eigenvalue weighted by Gasteiger charge is -2.15. The van der Waals surface area contributed by atoms with Gasteiger partial charge in [-0.05, 0) is 67.5 Å². The van der Waals surface area contributed by atoms with Crippen molar-refractivity contribution in [2.45, 2.75) is 38.6 Å². The molecule has 0 saturated heterocycles. The summed E-state index contributed by atoms with van der Waals surface area (Å²) in [4.78, 5) is 2.66. The number of hydrogen-bond donors (Lipinski definition) is 2. The molecule has 0 radical (unpaired) electrons. The van der Waals surface area contributed by atoms with Crippen LogP contribution in [0.25, 0.3) is 0 Å². The fourth-order valence-electron chi connectivity index (χ4n) is 2.93. The molecule has 4 heteroatoms. The van der Waals surface area contributed by atoms with Crippen LogP contribution in [0, 0.1) is 12.7 Å². The zero-order chi connectivity index (χ0) is 14.1. The number of nitrogens with two attached hydrogens (primary N) is 1. The lowest BCUT2D eigenvalue weighted by atomic mass is 9.97. The van der Waals surface area contributed by atoms with Gasteiger partial charge in [0.25, 0.3) is 0 Å². The van der Waals surface area contributed by atoms with Gasteiger partial charge in [-0.3, -0.25) is 5.84 Å². The number of benzene rings is 1. The minimum absolute atomic E-state index is 0.125. The van der Waals surface area contributed by atoms with Crippen molar-refractivity contribution in [3.8, 4) is 0 Å². The molecule has 1 aliphatic carbocycles. The molecular weight excluding hydrogens is 271 g/mol. The third-order valence-corrected chi connectivity index (χ3v) is 5.17. The lowest BCUT2D eigenvalue weighted by Crippen LogP contribution is -2.28. The van der Waals surface area contributed by atoms with Crippen LogP contribution in [0.15, 0.2) is 24.3 Å². The quantitative estimate of drug-likeness (QED) is 0.669. The van der Waals surface area contributed by atoms with E-state index in [-0.39, 0.29) is 11.9 Å². The molecule has 0 fully saturated rings. The smallest absolute Gasteiger partial charge is 0.123 e. The molecule has 1 atom stereocenters. The van der Waals surface area contributed by atoms with E-state index in [0.717, 1.165) is 17.5 Å². The van der Waals surface area contributed by atoms with Crippen molar-refractivity contribution >= 4 is 11.3 Å². The molecule has 1 aromatic carbocycles. The first-order valence-electron chi connectivity index (χ1n) is 7.02. The summed E-state index contributed by atoms with van der Waals surface area (Å²) in [5.74, 6) is 5.52. The molecule has 20 heavy (non-hydrogen) atoms. The van der Waals surface area contributed by atoms with Gasteiger partial charge in [-0.2, -0.15) is 0 Å². The summed E-state index contributed by atoms with van der Waals surface area (Å²) in [6.07, 6.45) is 4.86. The van der Waals surface area contributed by atoms with Crippen molar-refractivity contribution in [3.05, 3.63) is 56.5 Å². The molecule has 1 unspecified atom stereocenters. The van der Waals surface area contributed by atoms with Crippen molar-refractivity contribution < 1.29 is 4.39 Å². The zero-order valence-corrected chi connectivity index (χ0v) is 12.4. The summed E-state index contributed by atoms with van der Waals surface area (Å²) >= 11 is 1.81. The molecular formula is C16H19FN2S. The van der Waals surface area contributed by atoms with Crippen LogP contribution in [0.4, 0.5) is 4.39 Å². The van der Waals surface area contributed by atoms with Gasteiger partial charge in [0, 0.05) is 9.75 Å². The van der Waals surface area contributed by atoms with Crippen LogP contribution in [0.3, 0.4) is 0 Å². The molecule has 106 valence electrons. The molecule has 3 rings (SSSR count). The van der Waals surface area contributed by atoms with E-state index in [1.165, 1.54) is 40.6 Å². The van der Waals surface area contributed by atoms with Gasteiger partial charge in [0.05, 0.1) is 6.04 Å². The van der Waals surface area contributed by atoms with E-state index < -0.39 is 0 Å². The van der Waals surface area contributed by atoms with Crippen LogP contribution in [0.2, 0.25) is 0 Å². The minimum atomic E-state index is -0.207. The largest absolute Gasteiger partial charge is 0.271 e. The standard InChI is InChI=1S/C16H19FN2S/c1-10-6-12(8-13(17)7-10)16(19-18)15-9-11-4-2-3-5-14(11)20-15/h6-9,16,19H,2-5,18H2,1H3. The maximum atomic E-state index is 13.6. The second-order valence-corrected chi connectivity index (χ2v) is 6.63. The highest BCUT2D eigenvalue weighted by atomic mass is 32.1. The second-order valence-electron chi connectivity index (χ2n) is 5.47. The molecule has 0 saturated carbocycles. The number of nitrogens with one attached hydrogen (secondary N) is 1. The number of aryl methyl sites for hydroxylation is 3. The highest BCUT2D eigenvalue weighted by Gasteiger charge is 2.20. The van der Waals surface area contributed by atoms with E-state index in [9.17, 15) is 4.39 Å². The van der Waals surface area contributed by atoms with Crippen LogP contribution in [0.1, 0.15) is 45.3 Å². The maximum Gasteiger partial charge on any atom is 0.123 e. The van der Waals surface area contributed by atoms with Crippen LogP contribution >= 0.6 is 11.3 Å². The van der Waals surface area contributed by atoms with Gasteiger partial charge >= 0.3 is 0 Å². The highest BCUT2D eigenvalue weighted by molar-refractivity contribution is 7.12. The molecule has 0 aliphatic heterocycles. The summed E-state index contributed by atoms with van der Waals surface area (Å²) < 4.78 is 13.6. The van der Waals surface area contributed by atoms with Crippen molar-refractivity contribution in [1.82, 2.24) is 5.43 Å². The average Bonchev–Trinajstić information content (AvgIpc) is 2.81. The van der Waals surface area contributed by atoms with Crippen LogP contribution in [-0.4, -0.2) is 0 Å². The van der Waals surface area contributed by atoms with Crippen LogP contribution in [-0.2, 0) is 12.8 Å². The Labute approximate surface area is 122 Å². The number of halogens is 1. The number of rotatable bonds is 3. The summed E-state index contributed by atoms with van der Waals surface area (Å²) in [5, 5.41) is 0. The van der Waals surface area contributed by atoms with Gasteiger partial charge in [-0.25, -0.2) is 9.82 Å². The van der Waals surface area contributed by atoms with Gasteiger partial charge in [0.2, 0.25) is 0 Å². The Morgan fingerprint density at radius 3 is 2.70 bits per heavy atom. The number of hydrazine groups is 1. The second kappa shape index (κ2) is 5.64. The molecule has 0 amide bonds. The Hall–Kier alpha value is -1.23. The predicted octanol–water partition coefficient (Wildman–Crippen LogP) is 3.63. The third kappa shape index (κ3) is 2.64. The molecule has 1 heterocycles. The van der Waals surface area contributed by atoms with Crippen molar-refractivity contribution in [2.24, 2.45) is 5.84 Å². The SMILES string of the molecule is Cc1cc(F)cc(C(NN)c2cc3c(s2)CCCC3)c1. The van der Waals surface area contributed by atoms with E-state index in [2.05, 4.69) is 11.5 Å². The Bertz CT molecular complexity index is 577. The predicted molar refractivity (Wildman–Crippen MR) is 81.3 cm³/mol. The molecule has 3 N–H and O–H groups in total. The van der Waals surface area contributed by atoms with Gasteiger partial charge < -0.3 is 0 Å². The Kier molecular flexibility index (Phi) is 3.87. The minimum Gasteiger partial charge on any atom is -0.271 e. The molecule has 1 aliphatic rings. The average molecular weight is 290 g/mol. The zero-order valence-electron chi connectivity index (χ0n) is 11.6. The van der Waals surface area contributed by atoms with Crippen LogP contribution in [0.5, 0.6) is 0 Å². The molecule has 0 spiro atoms. The van der Waals surface area contributed by atoms with E-state index >= 15 is 0 Å². The topological polar surface area (TPSA) is 38.0 Å². The van der Waals surface area contributed by atoms with Gasteiger partial charge in [0.15, 0.2) is 0 Å². The third-order valence-electron chi connectivity index (χ3n) is 3.86. The number of hydrogen-bond acceptors (Lipinski definition) is 3. The van der Waals surface area contributed by atoms with Gasteiger partial charge in [0.1, 0.15) is 5.82 Å². The van der Waals surface area contributed by atoms with E-state index in [0.29, 0.717) is 0 Å². The van der Waals surface area contributed by atoms with Crippen LogP contribution < -0.4 is 11.3 Å². The first-order valence-corrected chi connectivity index (χ1v) is 7.83. The first-order chi connectivity index (χ1) is 9.67. The lowest BCUT2D eigenvalue weighted by molar-refractivity contribution is 0.607. The Morgan fingerprint density at radius 1 is 1.20 bits per heavy atom. The molecule has 1 aromatic heterocycles. The molecule has 0 bridgehead atoms. The summed E-state index contributed by atoms with van der Waals surface area (Å²) in [7, 11) is 0. The van der Waals surface area contributed by atoms with Gasteiger partial charge in [-0.1, -0.05) is 6.07 Å². The fraction of sp³-hybridized carbons (Fsp3) is 0.375. The Balaban J connectivity index is 1.98. The van der Waals surface area contributed by atoms with Gasteiger partial charge in [-0.15, -0.1) is 11.3 Å². The summed E-state index contributed by atoms with van der Waals surface area (Å²) in [6, 6.07) is 7.21. The normalized spacial score (nSPS) is 15.9. The number of fused-ring (bicyclic) bond motifs is 1. The highest BCUT2D eigenvalue weighted by Crippen LogP contribution is 2.35. The van der Waals surface area contributed by atoms with Crippen molar-refractivity contribution in [1.29, 1.82) is 0 Å². The van der Waals surface area contributed by atoms with E-state index in [4.69, 9.17) is 5.84 Å². The summed E-state index contributed by atoms with van der Waals surface area (Å²) in [6.45, 7) is 1.90. The maximum absolute atomic E-state index is 13.6. The van der Waals surface area contributed by atoms with E-state index in [1.807, 2.05) is 24.3 Å². The van der Waals surface area contributed by atoms with E-state index in [1.54, 1.807) is 6.07 Å². The number of thiophene rings is 1. The molecule has 2 nitrogen and oxygen atoms in total. The summed E-state index contributed by atoms with van der Waals surface area (Å²) in [5.41, 5.74) is 6.10. The van der Waals surface area contributed by atoms with Crippen molar-refractivity contribution in [3.63, 3.8) is 0 Å². The Morgan fingerprint density at radius 2 is 2.00 bits per heavy atom. The molecule has 2 aromatic rings.